The van der Waals surface area contributed by atoms with Crippen LogP contribution in [0.4, 0.5) is 0 Å². The van der Waals surface area contributed by atoms with Gasteiger partial charge in [0.15, 0.2) is 5.15 Å². The standard InChI is InChI=1S/C12H14ClN3/c1-7-8(6-9(7)14)11-12(13)15-10-4-2-3-5-16(10)11/h2-5,7-9H,6,14H2,1H3. The van der Waals surface area contributed by atoms with Crippen LogP contribution in [0.25, 0.3) is 5.65 Å². The number of pyridine rings is 1. The van der Waals surface area contributed by atoms with Crippen molar-refractivity contribution in [1.82, 2.24) is 9.38 Å². The summed E-state index contributed by atoms with van der Waals surface area (Å²) < 4.78 is 2.08. The molecule has 1 fully saturated rings. The number of fused-ring (bicyclic) bond motifs is 1. The van der Waals surface area contributed by atoms with Crippen LogP contribution in [0, 0.1) is 5.92 Å². The van der Waals surface area contributed by atoms with Gasteiger partial charge in [-0.25, -0.2) is 4.98 Å². The van der Waals surface area contributed by atoms with Crippen molar-refractivity contribution < 1.29 is 0 Å². The van der Waals surface area contributed by atoms with Gasteiger partial charge in [-0.2, -0.15) is 0 Å². The van der Waals surface area contributed by atoms with Crippen molar-refractivity contribution in [2.24, 2.45) is 11.7 Å². The van der Waals surface area contributed by atoms with E-state index in [2.05, 4.69) is 16.3 Å². The van der Waals surface area contributed by atoms with E-state index in [9.17, 15) is 0 Å². The number of nitrogens with two attached hydrogens (primary N) is 1. The molecule has 3 nitrogen and oxygen atoms in total. The second-order valence-corrected chi connectivity index (χ2v) is 4.94. The van der Waals surface area contributed by atoms with Crippen LogP contribution in [0.5, 0.6) is 0 Å². The van der Waals surface area contributed by atoms with Gasteiger partial charge < -0.3 is 10.1 Å². The summed E-state index contributed by atoms with van der Waals surface area (Å²) in [5.74, 6) is 0.928. The molecule has 2 aromatic rings. The first-order valence-electron chi connectivity index (χ1n) is 5.56. The molecule has 2 aromatic heterocycles. The highest BCUT2D eigenvalue weighted by molar-refractivity contribution is 6.30. The fraction of sp³-hybridized carbons (Fsp3) is 0.417. The number of nitrogens with zero attached hydrogens (tertiary/aromatic N) is 2. The Morgan fingerprint density at radius 2 is 2.31 bits per heavy atom. The van der Waals surface area contributed by atoms with E-state index in [1.54, 1.807) is 0 Å². The quantitative estimate of drug-likeness (QED) is 0.825. The van der Waals surface area contributed by atoms with Crippen LogP contribution in [0.15, 0.2) is 24.4 Å². The Balaban J connectivity index is 2.13. The van der Waals surface area contributed by atoms with Crippen molar-refractivity contribution in [3.63, 3.8) is 0 Å². The highest BCUT2D eigenvalue weighted by atomic mass is 35.5. The van der Waals surface area contributed by atoms with Gasteiger partial charge in [-0.05, 0) is 24.5 Å². The third-order valence-electron chi connectivity index (χ3n) is 3.71. The molecule has 0 spiro atoms. The molecule has 2 N–H and O–H groups in total. The number of aromatic nitrogens is 2. The summed E-state index contributed by atoms with van der Waals surface area (Å²) in [5.41, 5.74) is 7.97. The van der Waals surface area contributed by atoms with Gasteiger partial charge >= 0.3 is 0 Å². The van der Waals surface area contributed by atoms with Gasteiger partial charge in [-0.1, -0.05) is 24.6 Å². The van der Waals surface area contributed by atoms with E-state index in [-0.39, 0.29) is 0 Å². The zero-order chi connectivity index (χ0) is 11.3. The first-order valence-corrected chi connectivity index (χ1v) is 5.94. The lowest BCUT2D eigenvalue weighted by Crippen LogP contribution is -2.44. The zero-order valence-corrected chi connectivity index (χ0v) is 9.85. The molecule has 0 aromatic carbocycles. The fourth-order valence-electron chi connectivity index (χ4n) is 2.50. The van der Waals surface area contributed by atoms with Crippen molar-refractivity contribution >= 4 is 17.2 Å². The molecule has 1 aliphatic rings. The lowest BCUT2D eigenvalue weighted by atomic mass is 9.69. The van der Waals surface area contributed by atoms with Crippen LogP contribution >= 0.6 is 11.6 Å². The molecular formula is C12H14ClN3. The van der Waals surface area contributed by atoms with E-state index in [0.717, 1.165) is 17.8 Å². The summed E-state index contributed by atoms with van der Waals surface area (Å²) in [7, 11) is 0. The molecular weight excluding hydrogens is 222 g/mol. The van der Waals surface area contributed by atoms with Crippen LogP contribution < -0.4 is 5.73 Å². The van der Waals surface area contributed by atoms with Gasteiger partial charge in [0, 0.05) is 18.2 Å². The maximum atomic E-state index is 6.22. The van der Waals surface area contributed by atoms with Crippen molar-refractivity contribution in [2.75, 3.05) is 0 Å². The molecule has 84 valence electrons. The molecule has 3 unspecified atom stereocenters. The first kappa shape index (κ1) is 10.1. The van der Waals surface area contributed by atoms with Crippen molar-refractivity contribution in [3.05, 3.63) is 35.2 Å². The van der Waals surface area contributed by atoms with Gasteiger partial charge in [0.25, 0.3) is 0 Å². The van der Waals surface area contributed by atoms with Gasteiger partial charge in [-0.15, -0.1) is 0 Å². The molecule has 0 aliphatic heterocycles. The largest absolute Gasteiger partial charge is 0.327 e. The first-order chi connectivity index (χ1) is 7.68. The van der Waals surface area contributed by atoms with E-state index in [4.69, 9.17) is 17.3 Å². The van der Waals surface area contributed by atoms with E-state index in [0.29, 0.717) is 23.0 Å². The normalized spacial score (nSPS) is 29.3. The Hall–Kier alpha value is -1.06. The number of hydrogen-bond donors (Lipinski definition) is 1. The number of rotatable bonds is 1. The van der Waals surface area contributed by atoms with Gasteiger partial charge in [0.1, 0.15) is 5.65 Å². The lowest BCUT2D eigenvalue weighted by molar-refractivity contribution is 0.221. The van der Waals surface area contributed by atoms with E-state index in [1.165, 1.54) is 0 Å². The molecule has 4 heteroatoms. The third-order valence-corrected chi connectivity index (χ3v) is 3.99. The monoisotopic (exact) mass is 235 g/mol. The van der Waals surface area contributed by atoms with Crippen LogP contribution in [-0.2, 0) is 0 Å². The summed E-state index contributed by atoms with van der Waals surface area (Å²) in [5, 5.41) is 0.620. The lowest BCUT2D eigenvalue weighted by Gasteiger charge is -2.40. The number of hydrogen-bond acceptors (Lipinski definition) is 2. The summed E-state index contributed by atoms with van der Waals surface area (Å²) in [4.78, 5) is 4.36. The van der Waals surface area contributed by atoms with Crippen LogP contribution in [-0.4, -0.2) is 15.4 Å². The van der Waals surface area contributed by atoms with Gasteiger partial charge in [0.2, 0.25) is 0 Å². The summed E-state index contributed by atoms with van der Waals surface area (Å²) in [6, 6.07) is 6.24. The maximum absolute atomic E-state index is 6.22. The fourth-order valence-corrected chi connectivity index (χ4v) is 2.82. The van der Waals surface area contributed by atoms with E-state index in [1.807, 2.05) is 24.4 Å². The predicted octanol–water partition coefficient (Wildman–Crippen LogP) is 2.44. The molecule has 2 heterocycles. The number of halogens is 1. The molecule has 0 saturated heterocycles. The number of imidazole rings is 1. The summed E-state index contributed by atoms with van der Waals surface area (Å²) in [6.45, 7) is 2.18. The smallest absolute Gasteiger partial charge is 0.151 e. The van der Waals surface area contributed by atoms with Crippen LogP contribution in [0.2, 0.25) is 5.15 Å². The van der Waals surface area contributed by atoms with Crippen molar-refractivity contribution in [1.29, 1.82) is 0 Å². The highest BCUT2D eigenvalue weighted by Gasteiger charge is 2.39. The van der Waals surface area contributed by atoms with Gasteiger partial charge in [0.05, 0.1) is 5.69 Å². The molecule has 1 saturated carbocycles. The molecule has 3 rings (SSSR count). The minimum atomic E-state index is 0.301. The Morgan fingerprint density at radius 3 is 3.00 bits per heavy atom. The SMILES string of the molecule is CC1C(N)CC1c1c(Cl)nc2ccccn12. The van der Waals surface area contributed by atoms with Crippen LogP contribution in [0.1, 0.15) is 25.0 Å². The molecule has 3 atom stereocenters. The molecule has 1 aliphatic carbocycles. The summed E-state index contributed by atoms with van der Waals surface area (Å²) in [6.07, 6.45) is 3.02. The highest BCUT2D eigenvalue weighted by Crippen LogP contribution is 2.43. The van der Waals surface area contributed by atoms with E-state index < -0.39 is 0 Å². The maximum Gasteiger partial charge on any atom is 0.151 e. The Labute approximate surface area is 99.2 Å². The average Bonchev–Trinajstić information content (AvgIpc) is 2.61. The van der Waals surface area contributed by atoms with Crippen LogP contribution in [0.3, 0.4) is 0 Å². The van der Waals surface area contributed by atoms with E-state index >= 15 is 0 Å². The second-order valence-electron chi connectivity index (χ2n) is 4.58. The minimum absolute atomic E-state index is 0.301. The zero-order valence-electron chi connectivity index (χ0n) is 9.10. The van der Waals surface area contributed by atoms with Crippen molar-refractivity contribution in [2.45, 2.75) is 25.3 Å². The Morgan fingerprint density at radius 1 is 1.50 bits per heavy atom. The molecule has 0 radical (unpaired) electrons. The molecule has 0 bridgehead atoms. The molecule has 16 heavy (non-hydrogen) atoms. The second kappa shape index (κ2) is 3.47. The van der Waals surface area contributed by atoms with Gasteiger partial charge in [-0.3, -0.25) is 0 Å². The Bertz CT molecular complexity index is 534. The summed E-state index contributed by atoms with van der Waals surface area (Å²) >= 11 is 6.22. The Kier molecular flexibility index (Phi) is 2.19. The topological polar surface area (TPSA) is 43.3 Å². The predicted molar refractivity (Wildman–Crippen MR) is 64.7 cm³/mol. The minimum Gasteiger partial charge on any atom is -0.327 e. The third kappa shape index (κ3) is 1.28. The molecule has 0 amide bonds. The average molecular weight is 236 g/mol. The van der Waals surface area contributed by atoms with Crippen molar-refractivity contribution in [3.8, 4) is 0 Å².